The number of alkyl halides is 3. The second-order valence-electron chi connectivity index (χ2n) is 9.73. The largest absolute Gasteiger partial charge is 0.478 e. The third-order valence-electron chi connectivity index (χ3n) is 6.83. The Labute approximate surface area is 236 Å². The molecule has 0 bridgehead atoms. The Balaban J connectivity index is 1.55. The van der Waals surface area contributed by atoms with Gasteiger partial charge in [0.2, 0.25) is 0 Å². The molecule has 5 rings (SSSR count). The Bertz CT molecular complexity index is 1810. The number of halogens is 5. The van der Waals surface area contributed by atoms with Crippen molar-refractivity contribution >= 4 is 17.4 Å². The van der Waals surface area contributed by atoms with Crippen LogP contribution >= 0.6 is 0 Å². The number of carbonyl (C=O) groups excluding carboxylic acids is 1. The van der Waals surface area contributed by atoms with Crippen LogP contribution in [0.2, 0.25) is 0 Å². The fraction of sp³-hybridized carbons (Fsp3) is 0.129. The highest BCUT2D eigenvalue weighted by atomic mass is 19.4. The van der Waals surface area contributed by atoms with E-state index in [9.17, 15) is 31.5 Å². The molecule has 0 saturated heterocycles. The van der Waals surface area contributed by atoms with Crippen molar-refractivity contribution in [2.45, 2.75) is 25.6 Å². The lowest BCUT2D eigenvalue weighted by atomic mass is 9.99. The molecule has 42 heavy (non-hydrogen) atoms. The summed E-state index contributed by atoms with van der Waals surface area (Å²) < 4.78 is 68.8. The number of hydrogen-bond donors (Lipinski definition) is 2. The van der Waals surface area contributed by atoms with Gasteiger partial charge in [0.1, 0.15) is 11.6 Å². The van der Waals surface area contributed by atoms with Crippen molar-refractivity contribution in [3.8, 4) is 11.1 Å². The van der Waals surface area contributed by atoms with Gasteiger partial charge in [0.05, 0.1) is 34.4 Å². The van der Waals surface area contributed by atoms with E-state index >= 15 is 0 Å². The number of nitrogens with one attached hydrogen (secondary N) is 1. The summed E-state index contributed by atoms with van der Waals surface area (Å²) in [4.78, 5) is 24.9. The zero-order valence-corrected chi connectivity index (χ0v) is 21.9. The number of carboxylic acid groups (broad SMARTS) is 1. The maximum absolute atomic E-state index is 14.3. The van der Waals surface area contributed by atoms with Crippen LogP contribution in [0.25, 0.3) is 16.6 Å². The lowest BCUT2D eigenvalue weighted by molar-refractivity contribution is -0.140. The van der Waals surface area contributed by atoms with E-state index in [0.29, 0.717) is 33.8 Å². The summed E-state index contributed by atoms with van der Waals surface area (Å²) in [5, 5.41) is 16.3. The Morgan fingerprint density at radius 2 is 1.71 bits per heavy atom. The molecule has 2 heterocycles. The van der Waals surface area contributed by atoms with Crippen LogP contribution in [0.5, 0.6) is 0 Å². The van der Waals surface area contributed by atoms with Gasteiger partial charge in [0.15, 0.2) is 0 Å². The Morgan fingerprint density at radius 1 is 0.976 bits per heavy atom. The van der Waals surface area contributed by atoms with Gasteiger partial charge in [0, 0.05) is 23.7 Å². The molecule has 11 heteroatoms. The molecule has 0 saturated carbocycles. The van der Waals surface area contributed by atoms with Crippen molar-refractivity contribution in [1.29, 1.82) is 0 Å². The minimum atomic E-state index is -4.84. The van der Waals surface area contributed by atoms with Crippen LogP contribution in [0.1, 0.15) is 55.9 Å². The van der Waals surface area contributed by atoms with Gasteiger partial charge >= 0.3 is 12.1 Å². The normalized spacial score (nSPS) is 12.3. The van der Waals surface area contributed by atoms with Crippen molar-refractivity contribution in [2.24, 2.45) is 0 Å². The standard InChI is InChI=1S/C31H22F5N3O3/c1-17(19-6-8-20(9-7-19)30(41)42)38-29(40)25-14-23(21-3-2-4-24(32)13-21)16-39-28(25)22(15-37-39)11-18-5-10-26(27(33)12-18)31(34,35)36/h2-10,12-17H,11H2,1H3,(H,38,40)(H,41,42)/t17-/m0/s1. The van der Waals surface area contributed by atoms with Crippen molar-refractivity contribution in [3.05, 3.63) is 130 Å². The zero-order valence-electron chi connectivity index (χ0n) is 21.9. The Hall–Kier alpha value is -5.06. The van der Waals surface area contributed by atoms with E-state index in [4.69, 9.17) is 5.11 Å². The predicted octanol–water partition coefficient (Wildman–Crippen LogP) is 7.08. The number of amides is 1. The number of carboxylic acids is 1. The molecule has 1 amide bonds. The quantitative estimate of drug-likeness (QED) is 0.202. The summed E-state index contributed by atoms with van der Waals surface area (Å²) >= 11 is 0. The first-order valence-corrected chi connectivity index (χ1v) is 12.7. The zero-order chi connectivity index (χ0) is 30.2. The molecule has 0 spiro atoms. The van der Waals surface area contributed by atoms with Gasteiger partial charge in [-0.25, -0.2) is 18.1 Å². The summed E-state index contributed by atoms with van der Waals surface area (Å²) in [6.45, 7) is 1.71. The van der Waals surface area contributed by atoms with Gasteiger partial charge in [-0.2, -0.15) is 18.3 Å². The fourth-order valence-corrected chi connectivity index (χ4v) is 4.70. The highest BCUT2D eigenvalue weighted by Crippen LogP contribution is 2.33. The van der Waals surface area contributed by atoms with Gasteiger partial charge in [0.25, 0.3) is 5.91 Å². The van der Waals surface area contributed by atoms with Gasteiger partial charge in [-0.3, -0.25) is 4.79 Å². The lowest BCUT2D eigenvalue weighted by Gasteiger charge is -2.16. The fourth-order valence-electron chi connectivity index (χ4n) is 4.70. The highest BCUT2D eigenvalue weighted by molar-refractivity contribution is 6.03. The van der Waals surface area contributed by atoms with Crippen molar-refractivity contribution in [2.75, 3.05) is 0 Å². The Kier molecular flexibility index (Phi) is 7.51. The molecule has 0 fully saturated rings. The summed E-state index contributed by atoms with van der Waals surface area (Å²) in [7, 11) is 0. The molecule has 5 aromatic rings. The number of rotatable bonds is 7. The van der Waals surface area contributed by atoms with Gasteiger partial charge in [-0.1, -0.05) is 30.3 Å². The number of aromatic nitrogens is 2. The molecule has 6 nitrogen and oxygen atoms in total. The van der Waals surface area contributed by atoms with Gasteiger partial charge in [-0.15, -0.1) is 0 Å². The van der Waals surface area contributed by atoms with Gasteiger partial charge < -0.3 is 10.4 Å². The molecular weight excluding hydrogens is 557 g/mol. The Morgan fingerprint density at radius 3 is 2.36 bits per heavy atom. The molecule has 0 aliphatic carbocycles. The maximum atomic E-state index is 14.3. The molecule has 214 valence electrons. The van der Waals surface area contributed by atoms with E-state index in [2.05, 4.69) is 10.4 Å². The number of benzene rings is 3. The summed E-state index contributed by atoms with van der Waals surface area (Å²) in [6.07, 6.45) is -1.84. The van der Waals surface area contributed by atoms with E-state index in [0.717, 1.165) is 6.07 Å². The maximum Gasteiger partial charge on any atom is 0.419 e. The van der Waals surface area contributed by atoms with Crippen LogP contribution in [0.15, 0.2) is 85.2 Å². The molecule has 0 unspecified atom stereocenters. The van der Waals surface area contributed by atoms with Crippen LogP contribution < -0.4 is 5.32 Å². The third-order valence-corrected chi connectivity index (χ3v) is 6.83. The highest BCUT2D eigenvalue weighted by Gasteiger charge is 2.34. The molecule has 0 aliphatic heterocycles. The van der Waals surface area contributed by atoms with E-state index in [-0.39, 0.29) is 23.1 Å². The smallest absolute Gasteiger partial charge is 0.419 e. The average Bonchev–Trinajstić information content (AvgIpc) is 3.34. The molecule has 3 aromatic carbocycles. The number of hydrogen-bond acceptors (Lipinski definition) is 3. The number of nitrogens with zero attached hydrogens (tertiary/aromatic N) is 2. The number of fused-ring (bicyclic) bond motifs is 1. The van der Waals surface area contributed by atoms with Crippen LogP contribution in [0.4, 0.5) is 22.0 Å². The molecular formula is C31H22F5N3O3. The third kappa shape index (κ3) is 5.85. The number of aromatic carboxylic acids is 1. The van der Waals surface area contributed by atoms with Crippen LogP contribution in [0, 0.1) is 11.6 Å². The van der Waals surface area contributed by atoms with E-state index < -0.39 is 41.3 Å². The molecule has 2 N–H and O–H groups in total. The van der Waals surface area contributed by atoms with E-state index in [1.807, 2.05) is 0 Å². The summed E-state index contributed by atoms with van der Waals surface area (Å²) in [5.74, 6) is -3.52. The van der Waals surface area contributed by atoms with Gasteiger partial charge in [-0.05, 0) is 66.1 Å². The monoisotopic (exact) mass is 579 g/mol. The summed E-state index contributed by atoms with van der Waals surface area (Å²) in [5.41, 5.74) is 1.46. The lowest BCUT2D eigenvalue weighted by Crippen LogP contribution is -2.27. The second-order valence-corrected chi connectivity index (χ2v) is 9.73. The second kappa shape index (κ2) is 11.1. The minimum Gasteiger partial charge on any atom is -0.478 e. The van der Waals surface area contributed by atoms with Crippen LogP contribution in [0.3, 0.4) is 0 Å². The summed E-state index contributed by atoms with van der Waals surface area (Å²) in [6, 6.07) is 15.4. The molecule has 0 radical (unpaired) electrons. The number of carbonyl (C=O) groups is 2. The van der Waals surface area contributed by atoms with E-state index in [1.54, 1.807) is 37.4 Å². The number of pyridine rings is 1. The van der Waals surface area contributed by atoms with Crippen molar-refractivity contribution in [1.82, 2.24) is 14.9 Å². The minimum absolute atomic E-state index is 0.0235. The van der Waals surface area contributed by atoms with Crippen LogP contribution in [-0.2, 0) is 12.6 Å². The molecule has 1 atom stereocenters. The van der Waals surface area contributed by atoms with Crippen molar-refractivity contribution < 1.29 is 36.6 Å². The first kappa shape index (κ1) is 28.5. The van der Waals surface area contributed by atoms with Crippen molar-refractivity contribution in [3.63, 3.8) is 0 Å². The average molecular weight is 580 g/mol. The predicted molar refractivity (Wildman–Crippen MR) is 144 cm³/mol. The van der Waals surface area contributed by atoms with E-state index in [1.165, 1.54) is 47.1 Å². The topological polar surface area (TPSA) is 83.7 Å². The van der Waals surface area contributed by atoms with Crippen LogP contribution in [-0.4, -0.2) is 26.6 Å². The SMILES string of the molecule is C[C@H](NC(=O)c1cc(-c2cccc(F)c2)cn2ncc(Cc3ccc(C(F)(F)F)c(F)c3)c12)c1ccc(C(=O)O)cc1. The first-order chi connectivity index (χ1) is 19.9. The molecule has 0 aliphatic rings. The first-order valence-electron chi connectivity index (χ1n) is 12.7. The molecule has 2 aromatic heterocycles.